The summed E-state index contributed by atoms with van der Waals surface area (Å²) in [4.78, 5) is 21.9. The third-order valence-electron chi connectivity index (χ3n) is 3.00. The first kappa shape index (κ1) is 14.8. The predicted molar refractivity (Wildman–Crippen MR) is 78.5 cm³/mol. The standard InChI is InChI=1S/C15H17N3O3/c1-18(10-11-6-8-16-9-7-11)13-5-4-12(15(19)21-3)14(17-13)20-2/h4-9H,10H2,1-3H3. The summed E-state index contributed by atoms with van der Waals surface area (Å²) in [6.07, 6.45) is 3.50. The normalized spacial score (nSPS) is 10.0. The number of esters is 1. The van der Waals surface area contributed by atoms with Gasteiger partial charge in [-0.1, -0.05) is 0 Å². The first-order valence-corrected chi connectivity index (χ1v) is 6.39. The van der Waals surface area contributed by atoms with Crippen molar-refractivity contribution in [3.05, 3.63) is 47.8 Å². The Kier molecular flexibility index (Phi) is 4.71. The van der Waals surface area contributed by atoms with Crippen molar-refractivity contribution in [3.63, 3.8) is 0 Å². The Labute approximate surface area is 123 Å². The second kappa shape index (κ2) is 6.69. The second-order valence-electron chi connectivity index (χ2n) is 4.43. The highest BCUT2D eigenvalue weighted by Crippen LogP contribution is 2.22. The van der Waals surface area contributed by atoms with E-state index in [0.717, 1.165) is 5.56 Å². The van der Waals surface area contributed by atoms with Crippen LogP contribution in [0.5, 0.6) is 5.88 Å². The third kappa shape index (κ3) is 3.47. The summed E-state index contributed by atoms with van der Waals surface area (Å²) >= 11 is 0. The molecule has 21 heavy (non-hydrogen) atoms. The number of rotatable bonds is 5. The Morgan fingerprint density at radius 3 is 2.52 bits per heavy atom. The quantitative estimate of drug-likeness (QED) is 0.783. The Balaban J connectivity index is 2.22. The molecule has 0 saturated carbocycles. The van der Waals surface area contributed by atoms with Gasteiger partial charge in [0.1, 0.15) is 11.4 Å². The van der Waals surface area contributed by atoms with Gasteiger partial charge in [-0.15, -0.1) is 0 Å². The first-order valence-electron chi connectivity index (χ1n) is 6.39. The summed E-state index contributed by atoms with van der Waals surface area (Å²) in [5.74, 6) is 0.486. The van der Waals surface area contributed by atoms with Crippen LogP contribution in [0.4, 0.5) is 5.82 Å². The number of carbonyl (C=O) groups excluding carboxylic acids is 1. The topological polar surface area (TPSA) is 64.5 Å². The van der Waals surface area contributed by atoms with Crippen LogP contribution in [0.15, 0.2) is 36.7 Å². The lowest BCUT2D eigenvalue weighted by Crippen LogP contribution is -2.18. The highest BCUT2D eigenvalue weighted by molar-refractivity contribution is 5.92. The molecule has 6 heteroatoms. The zero-order valence-corrected chi connectivity index (χ0v) is 12.2. The van der Waals surface area contributed by atoms with E-state index >= 15 is 0 Å². The van der Waals surface area contributed by atoms with Gasteiger partial charge in [-0.3, -0.25) is 4.98 Å². The molecule has 0 aliphatic rings. The number of pyridine rings is 2. The number of anilines is 1. The SMILES string of the molecule is COC(=O)c1ccc(N(C)Cc2ccncc2)nc1OC. The molecule has 0 unspecified atom stereocenters. The zero-order chi connectivity index (χ0) is 15.2. The van der Waals surface area contributed by atoms with Gasteiger partial charge in [0, 0.05) is 26.0 Å². The van der Waals surface area contributed by atoms with Crippen molar-refractivity contribution < 1.29 is 14.3 Å². The van der Waals surface area contributed by atoms with E-state index in [1.54, 1.807) is 24.5 Å². The maximum Gasteiger partial charge on any atom is 0.343 e. The largest absolute Gasteiger partial charge is 0.480 e. The molecule has 0 aliphatic heterocycles. The van der Waals surface area contributed by atoms with Gasteiger partial charge in [-0.05, 0) is 29.8 Å². The summed E-state index contributed by atoms with van der Waals surface area (Å²) in [5.41, 5.74) is 1.42. The fourth-order valence-electron chi connectivity index (χ4n) is 1.91. The van der Waals surface area contributed by atoms with Crippen molar-refractivity contribution in [2.24, 2.45) is 0 Å². The van der Waals surface area contributed by atoms with Gasteiger partial charge in [-0.2, -0.15) is 4.98 Å². The Morgan fingerprint density at radius 2 is 1.90 bits per heavy atom. The molecule has 0 fully saturated rings. The maximum absolute atomic E-state index is 11.6. The van der Waals surface area contributed by atoms with Gasteiger partial charge in [0.2, 0.25) is 5.88 Å². The Hall–Kier alpha value is -2.63. The van der Waals surface area contributed by atoms with E-state index in [1.807, 2.05) is 24.1 Å². The minimum atomic E-state index is -0.470. The third-order valence-corrected chi connectivity index (χ3v) is 3.00. The molecular formula is C15H17N3O3. The van der Waals surface area contributed by atoms with Crippen LogP contribution >= 0.6 is 0 Å². The molecule has 110 valence electrons. The van der Waals surface area contributed by atoms with Crippen molar-refractivity contribution in [2.45, 2.75) is 6.54 Å². The van der Waals surface area contributed by atoms with Crippen molar-refractivity contribution >= 4 is 11.8 Å². The van der Waals surface area contributed by atoms with Gasteiger partial charge in [0.15, 0.2) is 0 Å². The van der Waals surface area contributed by atoms with Crippen molar-refractivity contribution in [2.75, 3.05) is 26.2 Å². The van der Waals surface area contributed by atoms with Crippen LogP contribution in [0, 0.1) is 0 Å². The highest BCUT2D eigenvalue weighted by Gasteiger charge is 2.16. The van der Waals surface area contributed by atoms with Gasteiger partial charge in [-0.25, -0.2) is 4.79 Å². The Morgan fingerprint density at radius 1 is 1.19 bits per heavy atom. The van der Waals surface area contributed by atoms with Crippen LogP contribution in [0.25, 0.3) is 0 Å². The molecule has 0 amide bonds. The van der Waals surface area contributed by atoms with E-state index in [-0.39, 0.29) is 5.88 Å². The van der Waals surface area contributed by atoms with Gasteiger partial charge in [0.25, 0.3) is 0 Å². The molecule has 6 nitrogen and oxygen atoms in total. The molecule has 2 aromatic heterocycles. The fraction of sp³-hybridized carbons (Fsp3) is 0.267. The maximum atomic E-state index is 11.6. The van der Waals surface area contributed by atoms with E-state index in [4.69, 9.17) is 9.47 Å². The van der Waals surface area contributed by atoms with Crippen LogP contribution in [-0.4, -0.2) is 37.2 Å². The van der Waals surface area contributed by atoms with E-state index in [0.29, 0.717) is 17.9 Å². The van der Waals surface area contributed by atoms with Crippen LogP contribution in [-0.2, 0) is 11.3 Å². The highest BCUT2D eigenvalue weighted by atomic mass is 16.5. The number of carbonyl (C=O) groups is 1. The van der Waals surface area contributed by atoms with Gasteiger partial charge in [0.05, 0.1) is 14.2 Å². The summed E-state index contributed by atoms with van der Waals surface area (Å²) in [7, 11) is 4.71. The van der Waals surface area contributed by atoms with E-state index in [9.17, 15) is 4.79 Å². The molecule has 0 aliphatic carbocycles. The average molecular weight is 287 g/mol. The predicted octanol–water partition coefficient (Wildman–Crippen LogP) is 1.91. The van der Waals surface area contributed by atoms with Crippen molar-refractivity contribution in [3.8, 4) is 5.88 Å². The molecular weight excluding hydrogens is 270 g/mol. The molecule has 2 aromatic rings. The zero-order valence-electron chi connectivity index (χ0n) is 12.2. The number of hydrogen-bond acceptors (Lipinski definition) is 6. The second-order valence-corrected chi connectivity index (χ2v) is 4.43. The molecule has 0 bridgehead atoms. The molecule has 0 atom stereocenters. The lowest BCUT2D eigenvalue weighted by Gasteiger charge is -2.19. The number of hydrogen-bond donors (Lipinski definition) is 0. The molecule has 0 radical (unpaired) electrons. The molecule has 0 spiro atoms. The molecule has 2 heterocycles. The fourth-order valence-corrected chi connectivity index (χ4v) is 1.91. The molecule has 2 rings (SSSR count). The van der Waals surface area contributed by atoms with Gasteiger partial charge < -0.3 is 14.4 Å². The van der Waals surface area contributed by atoms with Crippen LogP contribution in [0.1, 0.15) is 15.9 Å². The summed E-state index contributed by atoms with van der Waals surface area (Å²) in [6.45, 7) is 0.677. The van der Waals surface area contributed by atoms with Crippen LogP contribution in [0.3, 0.4) is 0 Å². The molecule has 0 saturated heterocycles. The molecule has 0 aromatic carbocycles. The van der Waals surface area contributed by atoms with E-state index < -0.39 is 5.97 Å². The van der Waals surface area contributed by atoms with Crippen molar-refractivity contribution in [1.82, 2.24) is 9.97 Å². The van der Waals surface area contributed by atoms with Crippen molar-refractivity contribution in [1.29, 1.82) is 0 Å². The summed E-state index contributed by atoms with van der Waals surface area (Å²) < 4.78 is 9.86. The monoisotopic (exact) mass is 287 g/mol. The van der Waals surface area contributed by atoms with Gasteiger partial charge >= 0.3 is 5.97 Å². The number of aromatic nitrogens is 2. The number of methoxy groups -OCH3 is 2. The smallest absolute Gasteiger partial charge is 0.343 e. The van der Waals surface area contributed by atoms with Crippen LogP contribution in [0.2, 0.25) is 0 Å². The lowest BCUT2D eigenvalue weighted by atomic mass is 10.2. The Bertz CT molecular complexity index is 617. The minimum Gasteiger partial charge on any atom is -0.480 e. The van der Waals surface area contributed by atoms with Crippen LogP contribution < -0.4 is 9.64 Å². The average Bonchev–Trinajstić information content (AvgIpc) is 2.54. The van der Waals surface area contributed by atoms with E-state index in [1.165, 1.54) is 14.2 Å². The summed E-state index contributed by atoms with van der Waals surface area (Å²) in [6, 6.07) is 7.29. The minimum absolute atomic E-state index is 0.251. The first-order chi connectivity index (χ1) is 10.2. The lowest BCUT2D eigenvalue weighted by molar-refractivity contribution is 0.0596. The molecule has 0 N–H and O–H groups in total. The van der Waals surface area contributed by atoms with E-state index in [2.05, 4.69) is 9.97 Å². The number of nitrogens with zero attached hydrogens (tertiary/aromatic N) is 3. The summed E-state index contributed by atoms with van der Waals surface area (Å²) in [5, 5.41) is 0. The number of ether oxygens (including phenoxy) is 2.